The van der Waals surface area contributed by atoms with Crippen molar-refractivity contribution in [1.29, 1.82) is 0 Å². The fourth-order valence-corrected chi connectivity index (χ4v) is 7.03. The van der Waals surface area contributed by atoms with Gasteiger partial charge in [0.2, 0.25) is 0 Å². The van der Waals surface area contributed by atoms with E-state index in [9.17, 15) is 4.79 Å². The Kier molecular flexibility index (Phi) is 5.68. The lowest BCUT2D eigenvalue weighted by Gasteiger charge is -2.18. The van der Waals surface area contributed by atoms with Crippen LogP contribution in [0.4, 0.5) is 0 Å². The molecule has 1 unspecified atom stereocenters. The van der Waals surface area contributed by atoms with Crippen molar-refractivity contribution in [1.82, 2.24) is 14.7 Å². The topological polar surface area (TPSA) is 60.9 Å². The van der Waals surface area contributed by atoms with Crippen molar-refractivity contribution in [2.45, 2.75) is 57.9 Å². The van der Waals surface area contributed by atoms with E-state index in [-0.39, 0.29) is 5.56 Å². The number of hydrogen-bond acceptors (Lipinski definition) is 6. The van der Waals surface area contributed by atoms with Crippen molar-refractivity contribution >= 4 is 44.9 Å². The summed E-state index contributed by atoms with van der Waals surface area (Å²) in [6.07, 6.45) is 3.07. The average Bonchev–Trinajstić information content (AvgIpc) is 3.27. The van der Waals surface area contributed by atoms with Gasteiger partial charge in [0.1, 0.15) is 10.6 Å². The number of nitrogens with zero attached hydrogens (tertiary/aromatic N) is 3. The molecule has 0 spiro atoms. The molecule has 0 fully saturated rings. The number of aromatic nitrogens is 3. The monoisotopic (exact) mass is 485 g/mol. The molecule has 3 heterocycles. The first-order chi connectivity index (χ1) is 15.3. The quantitative estimate of drug-likeness (QED) is 0.246. The molecule has 5 nitrogen and oxygen atoms in total. The lowest BCUT2D eigenvalue weighted by molar-refractivity contribution is 0.392. The fraction of sp³-hybridized carbons (Fsp3) is 0.375. The molecule has 4 aromatic rings. The first kappa shape index (κ1) is 21.7. The predicted molar refractivity (Wildman–Crippen MR) is 132 cm³/mol. The van der Waals surface area contributed by atoms with Crippen LogP contribution in [0.5, 0.6) is 0 Å². The number of benzene rings is 1. The van der Waals surface area contributed by atoms with Gasteiger partial charge in [-0.3, -0.25) is 9.36 Å². The molecular weight excluding hydrogens is 462 g/mol. The summed E-state index contributed by atoms with van der Waals surface area (Å²) in [6.45, 7) is 8.08. The molecule has 32 heavy (non-hydrogen) atoms. The molecule has 1 aromatic carbocycles. The van der Waals surface area contributed by atoms with Gasteiger partial charge in [-0.1, -0.05) is 41.5 Å². The van der Waals surface area contributed by atoms with Crippen LogP contribution in [-0.2, 0) is 18.6 Å². The molecular formula is C24H24ClN3O2S2. The molecule has 0 amide bonds. The van der Waals surface area contributed by atoms with Crippen LogP contribution in [0, 0.1) is 26.7 Å². The van der Waals surface area contributed by atoms with Crippen LogP contribution in [0.2, 0.25) is 5.02 Å². The summed E-state index contributed by atoms with van der Waals surface area (Å²) < 4.78 is 7.04. The lowest BCUT2D eigenvalue weighted by atomic mass is 9.89. The summed E-state index contributed by atoms with van der Waals surface area (Å²) in [5.41, 5.74) is 4.80. The molecule has 8 heteroatoms. The largest absolute Gasteiger partial charge is 0.361 e. The summed E-state index contributed by atoms with van der Waals surface area (Å²) in [4.78, 5) is 21.0. The first-order valence-electron chi connectivity index (χ1n) is 10.7. The van der Waals surface area contributed by atoms with Gasteiger partial charge in [0.15, 0.2) is 5.16 Å². The molecule has 1 aliphatic carbocycles. The third kappa shape index (κ3) is 3.70. The summed E-state index contributed by atoms with van der Waals surface area (Å²) in [7, 11) is 0. The molecule has 0 saturated carbocycles. The Balaban J connectivity index is 1.70. The highest BCUT2D eigenvalue weighted by molar-refractivity contribution is 7.98. The van der Waals surface area contributed by atoms with E-state index in [1.54, 1.807) is 15.9 Å². The van der Waals surface area contributed by atoms with Crippen molar-refractivity contribution in [3.8, 4) is 5.69 Å². The third-order valence-electron chi connectivity index (χ3n) is 6.24. The predicted octanol–water partition coefficient (Wildman–Crippen LogP) is 6.43. The van der Waals surface area contributed by atoms with E-state index in [0.717, 1.165) is 57.7 Å². The van der Waals surface area contributed by atoms with E-state index in [1.807, 2.05) is 39.0 Å². The van der Waals surface area contributed by atoms with E-state index in [2.05, 4.69) is 12.1 Å². The van der Waals surface area contributed by atoms with E-state index >= 15 is 0 Å². The zero-order valence-electron chi connectivity index (χ0n) is 18.5. The summed E-state index contributed by atoms with van der Waals surface area (Å²) >= 11 is 9.64. The second kappa shape index (κ2) is 8.36. The molecule has 166 valence electrons. The number of halogens is 1. The molecule has 0 aliphatic heterocycles. The lowest BCUT2D eigenvalue weighted by Crippen LogP contribution is -2.22. The van der Waals surface area contributed by atoms with Crippen LogP contribution in [0.1, 0.15) is 46.4 Å². The van der Waals surface area contributed by atoms with E-state index in [4.69, 9.17) is 21.1 Å². The van der Waals surface area contributed by atoms with Gasteiger partial charge in [-0.05, 0) is 69.2 Å². The number of rotatable bonds is 4. The highest BCUT2D eigenvalue weighted by Crippen LogP contribution is 2.37. The van der Waals surface area contributed by atoms with Crippen molar-refractivity contribution in [2.75, 3.05) is 0 Å². The van der Waals surface area contributed by atoms with Crippen molar-refractivity contribution in [3.63, 3.8) is 0 Å². The molecule has 0 N–H and O–H groups in total. The number of fused-ring (bicyclic) bond motifs is 3. The maximum Gasteiger partial charge on any atom is 0.267 e. The summed E-state index contributed by atoms with van der Waals surface area (Å²) in [6, 6.07) is 5.74. The number of thioether (sulfide) groups is 1. The molecule has 0 saturated heterocycles. The first-order valence-corrected chi connectivity index (χ1v) is 12.9. The van der Waals surface area contributed by atoms with E-state index in [0.29, 0.717) is 21.8 Å². The van der Waals surface area contributed by atoms with Gasteiger partial charge in [-0.15, -0.1) is 11.3 Å². The minimum atomic E-state index is -0.0109. The van der Waals surface area contributed by atoms with Crippen LogP contribution in [0.3, 0.4) is 0 Å². The Hall–Kier alpha value is -2.09. The number of thiophene rings is 1. The molecule has 0 radical (unpaired) electrons. The van der Waals surface area contributed by atoms with Crippen molar-refractivity contribution < 1.29 is 4.52 Å². The van der Waals surface area contributed by atoms with Crippen molar-refractivity contribution in [2.24, 2.45) is 5.92 Å². The van der Waals surface area contributed by atoms with Gasteiger partial charge in [0, 0.05) is 21.2 Å². The fourth-order valence-electron chi connectivity index (χ4n) is 4.26. The Morgan fingerprint density at radius 3 is 2.84 bits per heavy atom. The zero-order valence-corrected chi connectivity index (χ0v) is 20.9. The molecule has 1 aliphatic rings. The normalized spacial score (nSPS) is 16.0. The maximum absolute atomic E-state index is 13.9. The Morgan fingerprint density at radius 2 is 2.12 bits per heavy atom. The van der Waals surface area contributed by atoms with Crippen molar-refractivity contribution in [3.05, 3.63) is 66.6 Å². The highest BCUT2D eigenvalue weighted by Gasteiger charge is 2.25. The smallest absolute Gasteiger partial charge is 0.267 e. The molecule has 5 rings (SSSR count). The number of hydrogen-bond donors (Lipinski definition) is 0. The van der Waals surface area contributed by atoms with Crippen LogP contribution in [0.15, 0.2) is 32.7 Å². The van der Waals surface area contributed by atoms with Gasteiger partial charge in [-0.25, -0.2) is 4.98 Å². The summed E-state index contributed by atoms with van der Waals surface area (Å²) in [5.74, 6) is 2.06. The van der Waals surface area contributed by atoms with E-state index < -0.39 is 0 Å². The minimum absolute atomic E-state index is 0.0109. The van der Waals surface area contributed by atoms with Gasteiger partial charge in [0.05, 0.1) is 16.8 Å². The van der Waals surface area contributed by atoms with Gasteiger partial charge >= 0.3 is 0 Å². The Morgan fingerprint density at radius 1 is 1.31 bits per heavy atom. The highest BCUT2D eigenvalue weighted by atomic mass is 35.5. The third-order valence-corrected chi connectivity index (χ3v) is 8.76. The Bertz CT molecular complexity index is 1380. The molecule has 1 atom stereocenters. The number of aryl methyl sites for hydroxylation is 4. The summed E-state index contributed by atoms with van der Waals surface area (Å²) in [5, 5.41) is 6.13. The second-order valence-electron chi connectivity index (χ2n) is 8.59. The molecule has 0 bridgehead atoms. The maximum atomic E-state index is 13.9. The SMILES string of the molecule is Cc1ccc(-n2c(SCc3c(C)noc3C)nc3sc4c(c3c2=O)CCC(C)C4)cc1Cl. The van der Waals surface area contributed by atoms with Crippen LogP contribution >= 0.6 is 34.7 Å². The average molecular weight is 486 g/mol. The minimum Gasteiger partial charge on any atom is -0.361 e. The van der Waals surface area contributed by atoms with Crippen LogP contribution < -0.4 is 5.56 Å². The zero-order chi connectivity index (χ0) is 22.6. The van der Waals surface area contributed by atoms with E-state index in [1.165, 1.54) is 22.2 Å². The van der Waals surface area contributed by atoms with Gasteiger partial charge in [-0.2, -0.15) is 0 Å². The standard InChI is InChI=1S/C24H24ClN3O2S2/c1-12-5-8-17-20(9-12)32-22-21(17)23(29)28(16-7-6-13(2)19(25)10-16)24(26-22)31-11-18-14(3)27-30-15(18)4/h6-7,10,12H,5,8-9,11H2,1-4H3. The van der Waals surface area contributed by atoms with Crippen LogP contribution in [-0.4, -0.2) is 14.7 Å². The Labute approximate surface area is 199 Å². The van der Waals surface area contributed by atoms with Gasteiger partial charge < -0.3 is 4.52 Å². The second-order valence-corrected chi connectivity index (χ2v) is 11.0. The van der Waals surface area contributed by atoms with Gasteiger partial charge in [0.25, 0.3) is 5.56 Å². The molecule has 3 aromatic heterocycles. The van der Waals surface area contributed by atoms with Crippen LogP contribution in [0.25, 0.3) is 15.9 Å².